The largest absolute Gasteiger partial charge is 0.495 e. The first kappa shape index (κ1) is 18.7. The number of allylic oxidation sites excluding steroid dienone is 1. The van der Waals surface area contributed by atoms with Crippen molar-refractivity contribution in [2.24, 2.45) is 0 Å². The molecule has 0 bridgehead atoms. The van der Waals surface area contributed by atoms with Crippen molar-refractivity contribution in [3.63, 3.8) is 0 Å². The number of hydrogen-bond donors (Lipinski definition) is 0. The van der Waals surface area contributed by atoms with Gasteiger partial charge in [-0.2, -0.15) is 0 Å². The normalized spacial score (nSPS) is 10.9. The zero-order valence-electron chi connectivity index (χ0n) is 16.2. The number of hydrogen-bond acceptors (Lipinski definition) is 3. The average molecular weight is 386 g/mol. The van der Waals surface area contributed by atoms with Gasteiger partial charge in [-0.25, -0.2) is 4.39 Å². The van der Waals surface area contributed by atoms with E-state index < -0.39 is 5.82 Å². The summed E-state index contributed by atoms with van der Waals surface area (Å²) in [5.41, 5.74) is 4.05. The minimum atomic E-state index is -0.401. The predicted octanol–water partition coefficient (Wildman–Crippen LogP) is 6.51. The SMILES string of the molecule is C=C(C)c1ccc2oc(C(=O)c3ccc(F)cc3)c(-c3ccccc3)c2c1OC. The number of halogens is 1. The number of methoxy groups -OCH3 is 1. The Labute approximate surface area is 168 Å². The third-order valence-electron chi connectivity index (χ3n) is 4.85. The molecule has 1 aromatic heterocycles. The molecule has 0 spiro atoms. The van der Waals surface area contributed by atoms with E-state index in [2.05, 4.69) is 6.58 Å². The van der Waals surface area contributed by atoms with Gasteiger partial charge in [0.2, 0.25) is 5.78 Å². The highest BCUT2D eigenvalue weighted by Crippen LogP contribution is 2.44. The van der Waals surface area contributed by atoms with Crippen LogP contribution in [0.4, 0.5) is 4.39 Å². The van der Waals surface area contributed by atoms with Gasteiger partial charge >= 0.3 is 0 Å². The van der Waals surface area contributed by atoms with E-state index >= 15 is 0 Å². The Kier molecular flexibility index (Phi) is 4.77. The van der Waals surface area contributed by atoms with Crippen LogP contribution in [0.5, 0.6) is 5.75 Å². The van der Waals surface area contributed by atoms with Crippen LogP contribution in [-0.4, -0.2) is 12.9 Å². The molecular weight excluding hydrogens is 367 g/mol. The van der Waals surface area contributed by atoms with Gasteiger partial charge in [0.1, 0.15) is 17.1 Å². The molecule has 4 aromatic rings. The molecular formula is C25H19FO3. The Bertz CT molecular complexity index is 1220. The molecule has 0 aliphatic rings. The quantitative estimate of drug-likeness (QED) is 0.367. The summed E-state index contributed by atoms with van der Waals surface area (Å²) in [6.45, 7) is 5.93. The second-order valence-corrected chi connectivity index (χ2v) is 6.81. The zero-order valence-corrected chi connectivity index (χ0v) is 16.2. The number of carbonyl (C=O) groups excluding carboxylic acids is 1. The third kappa shape index (κ3) is 3.23. The predicted molar refractivity (Wildman–Crippen MR) is 113 cm³/mol. The van der Waals surface area contributed by atoms with E-state index in [1.54, 1.807) is 7.11 Å². The Morgan fingerprint density at radius 1 is 1.00 bits per heavy atom. The highest BCUT2D eigenvalue weighted by molar-refractivity contribution is 6.17. The van der Waals surface area contributed by atoms with E-state index in [1.165, 1.54) is 24.3 Å². The molecule has 0 aliphatic carbocycles. The average Bonchev–Trinajstić information content (AvgIpc) is 3.13. The molecule has 0 unspecified atom stereocenters. The highest BCUT2D eigenvalue weighted by Gasteiger charge is 2.26. The molecule has 3 nitrogen and oxygen atoms in total. The van der Waals surface area contributed by atoms with E-state index in [4.69, 9.17) is 9.15 Å². The maximum absolute atomic E-state index is 13.3. The van der Waals surface area contributed by atoms with Gasteiger partial charge in [-0.1, -0.05) is 36.9 Å². The fraction of sp³-hybridized carbons (Fsp3) is 0.0800. The molecule has 0 atom stereocenters. The summed E-state index contributed by atoms with van der Waals surface area (Å²) in [7, 11) is 1.59. The summed E-state index contributed by atoms with van der Waals surface area (Å²) in [4.78, 5) is 13.3. The minimum absolute atomic E-state index is 0.190. The Morgan fingerprint density at radius 3 is 2.31 bits per heavy atom. The van der Waals surface area contributed by atoms with Gasteiger partial charge in [-0.3, -0.25) is 4.79 Å². The first-order valence-electron chi connectivity index (χ1n) is 9.16. The van der Waals surface area contributed by atoms with Crippen molar-refractivity contribution >= 4 is 22.3 Å². The molecule has 4 heteroatoms. The van der Waals surface area contributed by atoms with Gasteiger partial charge in [0, 0.05) is 16.7 Å². The van der Waals surface area contributed by atoms with Crippen LogP contribution in [0.25, 0.3) is 27.7 Å². The lowest BCUT2D eigenvalue weighted by atomic mass is 9.95. The summed E-state index contributed by atoms with van der Waals surface area (Å²) in [6.07, 6.45) is 0. The van der Waals surface area contributed by atoms with Crippen molar-refractivity contribution in [3.05, 3.63) is 96.0 Å². The lowest BCUT2D eigenvalue weighted by Crippen LogP contribution is -2.02. The molecule has 4 rings (SSSR count). The summed E-state index contributed by atoms with van der Waals surface area (Å²) in [5.74, 6) is 0.0759. The molecule has 3 aromatic carbocycles. The fourth-order valence-electron chi connectivity index (χ4n) is 3.48. The lowest BCUT2D eigenvalue weighted by Gasteiger charge is -2.11. The van der Waals surface area contributed by atoms with E-state index in [0.29, 0.717) is 27.8 Å². The third-order valence-corrected chi connectivity index (χ3v) is 4.85. The first-order valence-corrected chi connectivity index (χ1v) is 9.16. The van der Waals surface area contributed by atoms with E-state index in [9.17, 15) is 9.18 Å². The Morgan fingerprint density at radius 2 is 1.69 bits per heavy atom. The molecule has 0 radical (unpaired) electrons. The maximum Gasteiger partial charge on any atom is 0.228 e. The molecule has 1 heterocycles. The van der Waals surface area contributed by atoms with Crippen molar-refractivity contribution < 1.29 is 18.3 Å². The number of ether oxygens (including phenoxy) is 1. The maximum atomic E-state index is 13.3. The van der Waals surface area contributed by atoms with Crippen LogP contribution in [0.15, 0.2) is 77.7 Å². The first-order chi connectivity index (χ1) is 14.0. The molecule has 29 heavy (non-hydrogen) atoms. The molecule has 0 fully saturated rings. The molecule has 0 saturated carbocycles. The van der Waals surface area contributed by atoms with Crippen LogP contribution in [0.1, 0.15) is 28.6 Å². The Hall–Kier alpha value is -3.66. The van der Waals surface area contributed by atoms with E-state index in [0.717, 1.165) is 16.7 Å². The van der Waals surface area contributed by atoms with E-state index in [-0.39, 0.29) is 11.5 Å². The van der Waals surface area contributed by atoms with Crippen LogP contribution < -0.4 is 4.74 Å². The van der Waals surface area contributed by atoms with Crippen molar-refractivity contribution in [2.45, 2.75) is 6.92 Å². The van der Waals surface area contributed by atoms with Gasteiger partial charge in [0.15, 0.2) is 5.76 Å². The highest BCUT2D eigenvalue weighted by atomic mass is 19.1. The van der Waals surface area contributed by atoms with Crippen molar-refractivity contribution in [1.29, 1.82) is 0 Å². The number of carbonyl (C=O) groups is 1. The second-order valence-electron chi connectivity index (χ2n) is 6.81. The van der Waals surface area contributed by atoms with Crippen LogP contribution in [-0.2, 0) is 0 Å². The number of benzene rings is 3. The second kappa shape index (κ2) is 7.40. The van der Waals surface area contributed by atoms with Crippen molar-refractivity contribution in [2.75, 3.05) is 7.11 Å². The zero-order chi connectivity index (χ0) is 20.5. The molecule has 0 aliphatic heterocycles. The monoisotopic (exact) mass is 386 g/mol. The molecule has 0 amide bonds. The van der Waals surface area contributed by atoms with Crippen molar-refractivity contribution in [1.82, 2.24) is 0 Å². The number of rotatable bonds is 5. The van der Waals surface area contributed by atoms with E-state index in [1.807, 2.05) is 49.4 Å². The molecule has 0 saturated heterocycles. The Balaban J connectivity index is 2.06. The van der Waals surface area contributed by atoms with Crippen LogP contribution in [0, 0.1) is 5.82 Å². The number of ketones is 1. The van der Waals surface area contributed by atoms with Crippen LogP contribution in [0.2, 0.25) is 0 Å². The molecule has 0 N–H and O–H groups in total. The lowest BCUT2D eigenvalue weighted by molar-refractivity contribution is 0.101. The molecule has 144 valence electrons. The number of furan rings is 1. The van der Waals surface area contributed by atoms with Gasteiger partial charge in [0.25, 0.3) is 0 Å². The smallest absolute Gasteiger partial charge is 0.228 e. The summed E-state index contributed by atoms with van der Waals surface area (Å²) < 4.78 is 25.1. The minimum Gasteiger partial charge on any atom is -0.495 e. The van der Waals surface area contributed by atoms with Crippen molar-refractivity contribution in [3.8, 4) is 16.9 Å². The fourth-order valence-corrected chi connectivity index (χ4v) is 3.48. The standard InChI is InChI=1S/C25H19FO3/c1-15(2)19-13-14-20-22(24(19)28-3)21(16-7-5-4-6-8-16)25(29-20)23(27)17-9-11-18(26)12-10-17/h4-14H,1H2,2-3H3. The summed E-state index contributed by atoms with van der Waals surface area (Å²) in [6, 6.07) is 18.7. The summed E-state index contributed by atoms with van der Waals surface area (Å²) in [5, 5.41) is 0.713. The van der Waals surface area contributed by atoms with Gasteiger partial charge < -0.3 is 9.15 Å². The van der Waals surface area contributed by atoms with Gasteiger partial charge in [-0.15, -0.1) is 0 Å². The number of fused-ring (bicyclic) bond motifs is 1. The van der Waals surface area contributed by atoms with Crippen LogP contribution >= 0.6 is 0 Å². The topological polar surface area (TPSA) is 39.4 Å². The van der Waals surface area contributed by atoms with Crippen LogP contribution in [0.3, 0.4) is 0 Å². The summed E-state index contributed by atoms with van der Waals surface area (Å²) >= 11 is 0. The van der Waals surface area contributed by atoms with Gasteiger partial charge in [0.05, 0.1) is 12.5 Å². The van der Waals surface area contributed by atoms with Gasteiger partial charge in [-0.05, 0) is 54.5 Å².